The molecule has 0 amide bonds. The van der Waals surface area contributed by atoms with Crippen LogP contribution >= 0.6 is 0 Å². The van der Waals surface area contributed by atoms with Gasteiger partial charge in [0.2, 0.25) is 0 Å². The fraction of sp³-hybridized carbons (Fsp3) is 0.0769. The summed E-state index contributed by atoms with van der Waals surface area (Å²) in [5, 5.41) is 8.09. The average Bonchev–Trinajstić information content (AvgIpc) is 2.83. The van der Waals surface area contributed by atoms with Gasteiger partial charge in [0.15, 0.2) is 11.5 Å². The largest absolute Gasteiger partial charge is 0.325 e. The number of pyridine rings is 1. The molecule has 0 fully saturated rings. The van der Waals surface area contributed by atoms with Crippen LogP contribution in [-0.2, 0) is 6.54 Å². The average molecular weight is 242 g/mol. The molecule has 0 saturated carbocycles. The molecule has 0 saturated heterocycles. The predicted molar refractivity (Wildman–Crippen MR) is 66.3 cm³/mol. The molecule has 0 atom stereocenters. The van der Waals surface area contributed by atoms with E-state index in [4.69, 9.17) is 5.73 Å². The molecule has 2 aromatic heterocycles. The molecule has 3 aromatic rings. The molecule has 5 heteroatoms. The Hall–Kier alpha value is -2.27. The van der Waals surface area contributed by atoms with E-state index in [9.17, 15) is 4.39 Å². The van der Waals surface area contributed by atoms with Gasteiger partial charge < -0.3 is 5.73 Å². The second-order valence-electron chi connectivity index (χ2n) is 3.92. The predicted octanol–water partition coefficient (Wildman–Crippen LogP) is 1.99. The van der Waals surface area contributed by atoms with Gasteiger partial charge in [0.05, 0.1) is 5.56 Å². The Bertz CT molecular complexity index is 705. The van der Waals surface area contributed by atoms with E-state index >= 15 is 0 Å². The summed E-state index contributed by atoms with van der Waals surface area (Å²) in [6.45, 7) is 0.344. The lowest BCUT2D eigenvalue weighted by molar-refractivity contribution is 0.629. The molecule has 2 N–H and O–H groups in total. The summed E-state index contributed by atoms with van der Waals surface area (Å²) < 4.78 is 15.6. The highest BCUT2D eigenvalue weighted by molar-refractivity contribution is 5.60. The summed E-state index contributed by atoms with van der Waals surface area (Å²) in [5.41, 5.74) is 7.62. The van der Waals surface area contributed by atoms with E-state index in [2.05, 4.69) is 10.2 Å². The molecule has 0 spiro atoms. The third-order valence-corrected chi connectivity index (χ3v) is 2.83. The number of rotatable bonds is 2. The molecule has 1 aromatic carbocycles. The number of hydrogen-bond donors (Lipinski definition) is 1. The Morgan fingerprint density at radius 1 is 1.06 bits per heavy atom. The summed E-state index contributed by atoms with van der Waals surface area (Å²) in [6, 6.07) is 12.0. The van der Waals surface area contributed by atoms with Crippen LogP contribution in [0.5, 0.6) is 0 Å². The maximum Gasteiger partial charge on any atom is 0.171 e. The fourth-order valence-corrected chi connectivity index (χ4v) is 1.98. The van der Waals surface area contributed by atoms with E-state index in [1.807, 2.05) is 18.2 Å². The van der Waals surface area contributed by atoms with Crippen molar-refractivity contribution in [2.45, 2.75) is 6.54 Å². The first-order chi connectivity index (χ1) is 8.81. The first-order valence-corrected chi connectivity index (χ1v) is 5.59. The smallest absolute Gasteiger partial charge is 0.171 e. The molecule has 3 rings (SSSR count). The molecule has 4 nitrogen and oxygen atoms in total. The lowest BCUT2D eigenvalue weighted by atomic mass is 10.2. The van der Waals surface area contributed by atoms with E-state index < -0.39 is 0 Å². The zero-order valence-electron chi connectivity index (χ0n) is 9.55. The molecule has 18 heavy (non-hydrogen) atoms. The fourth-order valence-electron chi connectivity index (χ4n) is 1.98. The van der Waals surface area contributed by atoms with Crippen molar-refractivity contribution >= 4 is 5.65 Å². The topological polar surface area (TPSA) is 56.2 Å². The highest BCUT2D eigenvalue weighted by Crippen LogP contribution is 2.22. The molecule has 0 aliphatic heterocycles. The van der Waals surface area contributed by atoms with Gasteiger partial charge in [0, 0.05) is 12.2 Å². The summed E-state index contributed by atoms with van der Waals surface area (Å²) in [7, 11) is 0. The number of hydrogen-bond acceptors (Lipinski definition) is 3. The minimum atomic E-state index is -0.321. The molecule has 90 valence electrons. The van der Waals surface area contributed by atoms with Crippen LogP contribution in [0, 0.1) is 5.82 Å². The van der Waals surface area contributed by atoms with Crippen molar-refractivity contribution in [2.75, 3.05) is 0 Å². The normalized spacial score (nSPS) is 11.0. The zero-order chi connectivity index (χ0) is 12.5. The molecule has 0 bridgehead atoms. The van der Waals surface area contributed by atoms with Crippen LogP contribution in [0.4, 0.5) is 4.39 Å². The van der Waals surface area contributed by atoms with Crippen LogP contribution in [0.1, 0.15) is 5.69 Å². The highest BCUT2D eigenvalue weighted by Gasteiger charge is 2.13. The number of aromatic nitrogens is 3. The number of halogens is 1. The Morgan fingerprint density at radius 2 is 1.89 bits per heavy atom. The maximum atomic E-state index is 13.8. The van der Waals surface area contributed by atoms with E-state index in [1.54, 1.807) is 22.6 Å². The SMILES string of the molecule is NCc1cccc2nnc(-c3ccccc3F)n12. The van der Waals surface area contributed by atoms with Crippen molar-refractivity contribution in [2.24, 2.45) is 5.73 Å². The molecular formula is C13H11FN4. The summed E-state index contributed by atoms with van der Waals surface area (Å²) in [6.07, 6.45) is 0. The number of nitrogens with zero attached hydrogens (tertiary/aromatic N) is 3. The van der Waals surface area contributed by atoms with Crippen molar-refractivity contribution in [1.82, 2.24) is 14.6 Å². The van der Waals surface area contributed by atoms with Crippen molar-refractivity contribution < 1.29 is 4.39 Å². The number of benzene rings is 1. The van der Waals surface area contributed by atoms with Crippen LogP contribution in [0.2, 0.25) is 0 Å². The van der Waals surface area contributed by atoms with Gasteiger partial charge in [-0.05, 0) is 24.3 Å². The highest BCUT2D eigenvalue weighted by atomic mass is 19.1. The zero-order valence-corrected chi connectivity index (χ0v) is 9.55. The van der Waals surface area contributed by atoms with Crippen LogP contribution in [0.25, 0.3) is 17.0 Å². The molecule has 0 unspecified atom stereocenters. The van der Waals surface area contributed by atoms with Crippen LogP contribution < -0.4 is 5.73 Å². The van der Waals surface area contributed by atoms with Gasteiger partial charge in [0.25, 0.3) is 0 Å². The summed E-state index contributed by atoms with van der Waals surface area (Å²) >= 11 is 0. The molecule has 2 heterocycles. The second kappa shape index (κ2) is 4.19. The van der Waals surface area contributed by atoms with Gasteiger partial charge >= 0.3 is 0 Å². The maximum absolute atomic E-state index is 13.8. The molecule has 0 radical (unpaired) electrons. The lowest BCUT2D eigenvalue weighted by Gasteiger charge is -2.06. The van der Waals surface area contributed by atoms with Gasteiger partial charge in [-0.15, -0.1) is 10.2 Å². The van der Waals surface area contributed by atoms with Gasteiger partial charge in [-0.25, -0.2) is 4.39 Å². The van der Waals surface area contributed by atoms with Gasteiger partial charge in [0.1, 0.15) is 5.82 Å². The standard InChI is InChI=1S/C13H11FN4/c14-11-6-2-1-5-10(11)13-17-16-12-7-3-4-9(8-15)18(12)13/h1-7H,8,15H2. The van der Waals surface area contributed by atoms with Crippen LogP contribution in [0.15, 0.2) is 42.5 Å². The number of fused-ring (bicyclic) bond motifs is 1. The third kappa shape index (κ3) is 1.56. The van der Waals surface area contributed by atoms with Crippen molar-refractivity contribution in [3.8, 4) is 11.4 Å². The van der Waals surface area contributed by atoms with E-state index in [0.717, 1.165) is 5.69 Å². The van der Waals surface area contributed by atoms with E-state index in [1.165, 1.54) is 6.07 Å². The quantitative estimate of drug-likeness (QED) is 0.747. The molecule has 0 aliphatic carbocycles. The monoisotopic (exact) mass is 242 g/mol. The van der Waals surface area contributed by atoms with Crippen molar-refractivity contribution in [1.29, 1.82) is 0 Å². The van der Waals surface area contributed by atoms with Crippen LogP contribution in [-0.4, -0.2) is 14.6 Å². The van der Waals surface area contributed by atoms with Gasteiger partial charge in [-0.2, -0.15) is 0 Å². The summed E-state index contributed by atoms with van der Waals surface area (Å²) in [4.78, 5) is 0. The van der Waals surface area contributed by atoms with Crippen molar-refractivity contribution in [3.63, 3.8) is 0 Å². The Balaban J connectivity index is 2.34. The van der Waals surface area contributed by atoms with Crippen molar-refractivity contribution in [3.05, 3.63) is 54.0 Å². The first kappa shape index (κ1) is 10.9. The first-order valence-electron chi connectivity index (χ1n) is 5.59. The number of nitrogens with two attached hydrogens (primary N) is 1. The lowest BCUT2D eigenvalue weighted by Crippen LogP contribution is -2.05. The second-order valence-corrected chi connectivity index (χ2v) is 3.92. The Kier molecular flexibility index (Phi) is 2.53. The van der Waals surface area contributed by atoms with Crippen LogP contribution in [0.3, 0.4) is 0 Å². The molecular weight excluding hydrogens is 231 g/mol. The van der Waals surface area contributed by atoms with E-state index in [0.29, 0.717) is 23.6 Å². The summed E-state index contributed by atoms with van der Waals surface area (Å²) in [5.74, 6) is 0.155. The van der Waals surface area contributed by atoms with E-state index in [-0.39, 0.29) is 5.82 Å². The van der Waals surface area contributed by atoms with Gasteiger partial charge in [-0.1, -0.05) is 18.2 Å². The Morgan fingerprint density at radius 3 is 2.67 bits per heavy atom. The minimum Gasteiger partial charge on any atom is -0.325 e. The minimum absolute atomic E-state index is 0.321. The Labute approximate surface area is 103 Å². The molecule has 0 aliphatic rings. The third-order valence-electron chi connectivity index (χ3n) is 2.83. The van der Waals surface area contributed by atoms with Gasteiger partial charge in [-0.3, -0.25) is 4.40 Å².